The molecule has 2 N–H and O–H groups in total. The molecule has 86 valence electrons. The average Bonchev–Trinajstić information content (AvgIpc) is 2.69. The zero-order chi connectivity index (χ0) is 11.9. The molecule has 0 radical (unpaired) electrons. The molecule has 2 heterocycles. The summed E-state index contributed by atoms with van der Waals surface area (Å²) in [5.41, 5.74) is 1.89. The number of rotatable bonds is 2. The highest BCUT2D eigenvalue weighted by molar-refractivity contribution is 6.06. The molecule has 6 heteroatoms. The molecule has 0 aliphatic carbocycles. The van der Waals surface area contributed by atoms with E-state index in [0.717, 1.165) is 11.3 Å². The fourth-order valence-electron chi connectivity index (χ4n) is 1.96. The molecule has 1 aromatic heterocycles. The maximum atomic E-state index is 11.6. The van der Waals surface area contributed by atoms with Gasteiger partial charge in [0.2, 0.25) is 0 Å². The largest absolute Gasteiger partial charge is 0.323 e. The summed E-state index contributed by atoms with van der Waals surface area (Å²) >= 11 is 0. The minimum atomic E-state index is -0.314. The number of aryl methyl sites for hydroxylation is 1. The van der Waals surface area contributed by atoms with E-state index in [1.165, 1.54) is 0 Å². The minimum absolute atomic E-state index is 0.208. The summed E-state index contributed by atoms with van der Waals surface area (Å²) in [4.78, 5) is 13.2. The monoisotopic (exact) mass is 221 g/mol. The van der Waals surface area contributed by atoms with Gasteiger partial charge in [0.25, 0.3) is 0 Å². The smallest absolute Gasteiger partial charge is 0.310 e. The normalized spacial score (nSPS) is 20.4. The van der Waals surface area contributed by atoms with Crippen LogP contribution in [-0.4, -0.2) is 33.1 Å². The average molecular weight is 221 g/mol. The number of nitrogens with one attached hydrogen (secondary N) is 2. The van der Waals surface area contributed by atoms with Crippen molar-refractivity contribution >= 4 is 11.9 Å². The second kappa shape index (κ2) is 3.62. The van der Waals surface area contributed by atoms with E-state index in [1.54, 1.807) is 15.8 Å². The van der Waals surface area contributed by atoms with E-state index in [1.807, 2.05) is 20.9 Å². The van der Waals surface area contributed by atoms with E-state index >= 15 is 0 Å². The Morgan fingerprint density at radius 1 is 1.62 bits per heavy atom. The Balaban J connectivity index is 2.43. The quantitative estimate of drug-likeness (QED) is 0.774. The number of carbonyl (C=O) groups excluding carboxylic acids is 1. The van der Waals surface area contributed by atoms with Gasteiger partial charge in [-0.3, -0.25) is 15.4 Å². The highest BCUT2D eigenvalue weighted by Crippen LogP contribution is 2.27. The van der Waals surface area contributed by atoms with E-state index < -0.39 is 0 Å². The van der Waals surface area contributed by atoms with Gasteiger partial charge in [-0.2, -0.15) is 5.10 Å². The van der Waals surface area contributed by atoms with Crippen molar-refractivity contribution in [3.05, 3.63) is 17.5 Å². The van der Waals surface area contributed by atoms with E-state index in [9.17, 15) is 4.79 Å². The first-order valence-corrected chi connectivity index (χ1v) is 5.20. The lowest BCUT2D eigenvalue weighted by Gasteiger charge is -2.20. The third-order valence-electron chi connectivity index (χ3n) is 3.00. The summed E-state index contributed by atoms with van der Waals surface area (Å²) < 4.78 is 1.75. The molecule has 6 nitrogen and oxygen atoms in total. The second-order valence-corrected chi connectivity index (χ2v) is 3.84. The van der Waals surface area contributed by atoms with Gasteiger partial charge in [-0.05, 0) is 13.8 Å². The van der Waals surface area contributed by atoms with Crippen LogP contribution in [0.15, 0.2) is 6.20 Å². The molecule has 1 aromatic rings. The topological polar surface area (TPSA) is 74.0 Å². The molecule has 1 aliphatic heterocycles. The Hall–Kier alpha value is -1.85. The molecule has 0 spiro atoms. The summed E-state index contributed by atoms with van der Waals surface area (Å²) in [5.74, 6) is 0.225. The van der Waals surface area contributed by atoms with Gasteiger partial charge in [-0.1, -0.05) is 0 Å². The van der Waals surface area contributed by atoms with E-state index in [2.05, 4.69) is 10.4 Å². The van der Waals surface area contributed by atoms with Crippen molar-refractivity contribution < 1.29 is 4.79 Å². The summed E-state index contributed by atoms with van der Waals surface area (Å²) in [7, 11) is 1.85. The van der Waals surface area contributed by atoms with Gasteiger partial charge in [0.15, 0.2) is 0 Å². The maximum absolute atomic E-state index is 11.6. The molecule has 2 amide bonds. The summed E-state index contributed by atoms with van der Waals surface area (Å²) in [5, 5.41) is 14.5. The molecule has 16 heavy (non-hydrogen) atoms. The molecule has 0 saturated carbocycles. The van der Waals surface area contributed by atoms with Crippen LogP contribution in [0.25, 0.3) is 0 Å². The van der Waals surface area contributed by atoms with Crippen LogP contribution in [0.1, 0.15) is 24.2 Å². The Kier molecular flexibility index (Phi) is 2.41. The molecular weight excluding hydrogens is 206 g/mol. The van der Waals surface area contributed by atoms with Crippen molar-refractivity contribution in [3.8, 4) is 0 Å². The maximum Gasteiger partial charge on any atom is 0.323 e. The van der Waals surface area contributed by atoms with E-state index in [0.29, 0.717) is 6.54 Å². The Morgan fingerprint density at radius 2 is 2.31 bits per heavy atom. The fraction of sp³-hybridized carbons (Fsp3) is 0.500. The summed E-state index contributed by atoms with van der Waals surface area (Å²) in [6, 6.07) is -0.521. The number of hydrogen-bond acceptors (Lipinski definition) is 3. The van der Waals surface area contributed by atoms with Crippen LogP contribution in [0.5, 0.6) is 0 Å². The summed E-state index contributed by atoms with van der Waals surface area (Å²) in [6.07, 6.45) is 1.72. The van der Waals surface area contributed by atoms with Gasteiger partial charge in [0, 0.05) is 24.8 Å². The van der Waals surface area contributed by atoms with Gasteiger partial charge in [-0.25, -0.2) is 4.79 Å². The molecule has 0 aromatic carbocycles. The fourth-order valence-corrected chi connectivity index (χ4v) is 1.96. The van der Waals surface area contributed by atoms with Crippen molar-refractivity contribution in [3.63, 3.8) is 0 Å². The highest BCUT2D eigenvalue weighted by Gasteiger charge is 2.37. The first kappa shape index (κ1) is 10.7. The van der Waals surface area contributed by atoms with Gasteiger partial charge >= 0.3 is 6.03 Å². The van der Waals surface area contributed by atoms with E-state index in [4.69, 9.17) is 5.41 Å². The van der Waals surface area contributed by atoms with E-state index in [-0.39, 0.29) is 17.9 Å². The van der Waals surface area contributed by atoms with Crippen molar-refractivity contribution in [1.29, 1.82) is 5.41 Å². The Bertz CT molecular complexity index is 450. The van der Waals surface area contributed by atoms with Gasteiger partial charge in [0.1, 0.15) is 11.9 Å². The van der Waals surface area contributed by atoms with Crippen LogP contribution in [0.3, 0.4) is 0 Å². The lowest BCUT2D eigenvalue weighted by Crippen LogP contribution is -2.29. The van der Waals surface area contributed by atoms with Crippen molar-refractivity contribution in [1.82, 2.24) is 20.0 Å². The molecule has 1 aliphatic rings. The highest BCUT2D eigenvalue weighted by atomic mass is 16.2. The molecule has 1 unspecified atom stereocenters. The number of amides is 2. The zero-order valence-electron chi connectivity index (χ0n) is 9.61. The Labute approximate surface area is 93.7 Å². The second-order valence-electron chi connectivity index (χ2n) is 3.84. The standard InChI is InChI=1S/C10H15N5O/c1-4-15-8(9(11)13-10(15)16)7-5-12-14(3)6(7)2/h5,8H,4H2,1-3H3,(H2,11,13,16). The number of likely N-dealkylation sites (N-methyl/N-ethyl adjacent to an activating group) is 1. The molecule has 1 saturated heterocycles. The molecule has 1 fully saturated rings. The van der Waals surface area contributed by atoms with Crippen molar-refractivity contribution in [2.75, 3.05) is 6.54 Å². The molecule has 1 atom stereocenters. The first-order chi connectivity index (χ1) is 7.56. The minimum Gasteiger partial charge on any atom is -0.310 e. The molecule has 0 bridgehead atoms. The first-order valence-electron chi connectivity index (χ1n) is 5.20. The third-order valence-corrected chi connectivity index (χ3v) is 3.00. The number of amidine groups is 1. The molecule has 2 rings (SSSR count). The van der Waals surface area contributed by atoms with Crippen molar-refractivity contribution in [2.45, 2.75) is 19.9 Å². The zero-order valence-corrected chi connectivity index (χ0v) is 9.61. The number of nitrogens with zero attached hydrogens (tertiary/aromatic N) is 3. The number of urea groups is 1. The van der Waals surface area contributed by atoms with Crippen LogP contribution < -0.4 is 5.32 Å². The van der Waals surface area contributed by atoms with Crippen molar-refractivity contribution in [2.24, 2.45) is 7.05 Å². The third kappa shape index (κ3) is 1.37. The van der Waals surface area contributed by atoms with Crippen LogP contribution in [0.4, 0.5) is 4.79 Å². The van der Waals surface area contributed by atoms with Crippen LogP contribution in [0.2, 0.25) is 0 Å². The number of aromatic nitrogens is 2. The van der Waals surface area contributed by atoms with Crippen LogP contribution >= 0.6 is 0 Å². The summed E-state index contributed by atoms with van der Waals surface area (Å²) in [6.45, 7) is 4.41. The predicted octanol–water partition coefficient (Wildman–Crippen LogP) is 0.792. The Morgan fingerprint density at radius 3 is 2.81 bits per heavy atom. The lowest BCUT2D eigenvalue weighted by molar-refractivity contribution is 0.208. The lowest BCUT2D eigenvalue weighted by atomic mass is 10.1. The van der Waals surface area contributed by atoms with Crippen LogP contribution in [0, 0.1) is 12.3 Å². The van der Waals surface area contributed by atoms with Crippen LogP contribution in [-0.2, 0) is 7.05 Å². The molecular formula is C10H15N5O. The number of carbonyl (C=O) groups is 1. The van der Waals surface area contributed by atoms with Gasteiger partial charge in [0.05, 0.1) is 6.20 Å². The SMILES string of the molecule is CCN1C(=O)NC(=N)C1c1cnn(C)c1C. The van der Waals surface area contributed by atoms with Gasteiger partial charge in [-0.15, -0.1) is 0 Å². The van der Waals surface area contributed by atoms with Gasteiger partial charge < -0.3 is 4.90 Å². The predicted molar refractivity (Wildman–Crippen MR) is 59.3 cm³/mol. The number of hydrogen-bond donors (Lipinski definition) is 2.